The molecule has 1 fully saturated rings. The predicted octanol–water partition coefficient (Wildman–Crippen LogP) is 6.06. The van der Waals surface area contributed by atoms with Crippen molar-refractivity contribution in [1.29, 1.82) is 0 Å². The van der Waals surface area contributed by atoms with Gasteiger partial charge in [-0.3, -0.25) is 19.9 Å². The summed E-state index contributed by atoms with van der Waals surface area (Å²) in [6.07, 6.45) is 1.82. The Morgan fingerprint density at radius 1 is 1.03 bits per heavy atom. The molecule has 39 heavy (non-hydrogen) atoms. The molecule has 8 nitrogen and oxygen atoms in total. The van der Waals surface area contributed by atoms with Gasteiger partial charge in [0.2, 0.25) is 5.91 Å². The second-order valence-electron chi connectivity index (χ2n) is 11.6. The van der Waals surface area contributed by atoms with Crippen LogP contribution in [-0.2, 0) is 10.2 Å². The van der Waals surface area contributed by atoms with E-state index in [-0.39, 0.29) is 17.2 Å². The normalized spacial score (nSPS) is 15.3. The summed E-state index contributed by atoms with van der Waals surface area (Å²) in [5.41, 5.74) is 3.74. The topological polar surface area (TPSA) is 94.6 Å². The number of anilines is 2. The Morgan fingerprint density at radius 3 is 2.38 bits per heavy atom. The maximum Gasteiger partial charge on any atom is 0.324 e. The molecule has 0 unspecified atom stereocenters. The van der Waals surface area contributed by atoms with Crippen LogP contribution in [0.3, 0.4) is 0 Å². The van der Waals surface area contributed by atoms with Crippen LogP contribution in [0.4, 0.5) is 15.5 Å². The Kier molecular flexibility index (Phi) is 7.58. The molecule has 3 aromatic rings. The number of hydrogen-bond donors (Lipinski definition) is 2. The molecule has 4 rings (SSSR count). The van der Waals surface area contributed by atoms with E-state index in [9.17, 15) is 14.4 Å². The summed E-state index contributed by atoms with van der Waals surface area (Å²) >= 11 is 1.38. The number of rotatable bonds is 4. The molecular formula is C30H37N5O3S. The van der Waals surface area contributed by atoms with Crippen LogP contribution in [0.1, 0.15) is 61.1 Å². The predicted molar refractivity (Wildman–Crippen MR) is 158 cm³/mol. The number of aromatic nitrogens is 1. The van der Waals surface area contributed by atoms with Gasteiger partial charge in [-0.1, -0.05) is 32.9 Å². The molecule has 1 saturated heterocycles. The standard InChI is InChI=1S/C30H37N5O3S/c1-18-9-12-21(15-22(18)20-11-10-19(2)31-17-20)32-28(38)33-25-23(16-24(39-25)29(3,4)5)26(36)35-14-13-34(8)27(37)30(35,6)7/h9-12,15-17H,13-14H2,1-8H3,(H2,32,33,38). The van der Waals surface area contributed by atoms with Crippen LogP contribution in [0.2, 0.25) is 0 Å². The second-order valence-corrected chi connectivity index (χ2v) is 12.7. The third-order valence-electron chi connectivity index (χ3n) is 7.10. The van der Waals surface area contributed by atoms with Crippen LogP contribution in [-0.4, -0.2) is 58.3 Å². The summed E-state index contributed by atoms with van der Waals surface area (Å²) in [5, 5.41) is 6.28. The molecular weight excluding hydrogens is 510 g/mol. The van der Waals surface area contributed by atoms with Crippen molar-refractivity contribution in [3.05, 3.63) is 64.3 Å². The minimum atomic E-state index is -0.990. The van der Waals surface area contributed by atoms with Crippen molar-refractivity contribution in [3.63, 3.8) is 0 Å². The number of nitrogens with zero attached hydrogens (tertiary/aromatic N) is 3. The first-order valence-corrected chi connectivity index (χ1v) is 13.8. The number of hydrogen-bond acceptors (Lipinski definition) is 5. The van der Waals surface area contributed by atoms with Gasteiger partial charge in [0.25, 0.3) is 5.91 Å². The molecule has 3 heterocycles. The lowest BCUT2D eigenvalue weighted by atomic mass is 9.93. The third kappa shape index (κ3) is 5.83. The maximum absolute atomic E-state index is 13.8. The molecule has 0 aliphatic carbocycles. The highest BCUT2D eigenvalue weighted by molar-refractivity contribution is 7.16. The van der Waals surface area contributed by atoms with Crippen LogP contribution in [0.5, 0.6) is 0 Å². The lowest BCUT2D eigenvalue weighted by Gasteiger charge is -2.44. The summed E-state index contributed by atoms with van der Waals surface area (Å²) in [6.45, 7) is 14.5. The van der Waals surface area contributed by atoms with Crippen molar-refractivity contribution in [2.75, 3.05) is 30.8 Å². The van der Waals surface area contributed by atoms with Crippen molar-refractivity contribution in [1.82, 2.24) is 14.8 Å². The van der Waals surface area contributed by atoms with E-state index in [1.54, 1.807) is 30.7 Å². The number of urea groups is 1. The number of carbonyl (C=O) groups is 3. The Morgan fingerprint density at radius 2 is 1.74 bits per heavy atom. The lowest BCUT2D eigenvalue weighted by molar-refractivity contribution is -0.144. The molecule has 0 spiro atoms. The zero-order chi connectivity index (χ0) is 28.7. The zero-order valence-electron chi connectivity index (χ0n) is 23.9. The first kappa shape index (κ1) is 28.3. The molecule has 2 aromatic heterocycles. The Labute approximate surface area is 234 Å². The molecule has 1 aliphatic heterocycles. The SMILES string of the molecule is Cc1ccc(-c2cc(NC(=O)Nc3sc(C(C)(C)C)cc3C(=O)N3CCN(C)C(=O)C3(C)C)ccc2C)cn1. The number of carbonyl (C=O) groups excluding carboxylic acids is 3. The number of amides is 4. The second kappa shape index (κ2) is 10.4. The number of piperazine rings is 1. The highest BCUT2D eigenvalue weighted by Gasteiger charge is 2.44. The highest BCUT2D eigenvalue weighted by Crippen LogP contribution is 2.38. The molecule has 1 aromatic carbocycles. The fourth-order valence-corrected chi connectivity index (χ4v) is 5.73. The van der Waals surface area contributed by atoms with E-state index in [0.717, 1.165) is 27.3 Å². The molecule has 0 radical (unpaired) electrons. The van der Waals surface area contributed by atoms with Crippen molar-refractivity contribution in [2.24, 2.45) is 0 Å². The number of thiophene rings is 1. The van der Waals surface area contributed by atoms with E-state index in [1.165, 1.54) is 11.3 Å². The van der Waals surface area contributed by atoms with Gasteiger partial charge in [0.1, 0.15) is 10.5 Å². The Hall–Kier alpha value is -3.72. The largest absolute Gasteiger partial charge is 0.342 e. The van der Waals surface area contributed by atoms with E-state index in [2.05, 4.69) is 36.4 Å². The van der Waals surface area contributed by atoms with Gasteiger partial charge < -0.3 is 15.1 Å². The van der Waals surface area contributed by atoms with Gasteiger partial charge in [-0.15, -0.1) is 11.3 Å². The van der Waals surface area contributed by atoms with Crippen LogP contribution in [0, 0.1) is 13.8 Å². The number of aryl methyl sites for hydroxylation is 2. The van der Waals surface area contributed by atoms with E-state index in [4.69, 9.17) is 0 Å². The van der Waals surface area contributed by atoms with Gasteiger partial charge >= 0.3 is 6.03 Å². The first-order valence-electron chi connectivity index (χ1n) is 13.0. The van der Waals surface area contributed by atoms with Gasteiger partial charge in [-0.2, -0.15) is 0 Å². The quantitative estimate of drug-likeness (QED) is 0.415. The summed E-state index contributed by atoms with van der Waals surface area (Å²) in [6, 6.07) is 11.1. The van der Waals surface area contributed by atoms with E-state index >= 15 is 0 Å². The molecule has 206 valence electrons. The van der Waals surface area contributed by atoms with Gasteiger partial charge in [0.05, 0.1) is 5.56 Å². The van der Waals surface area contributed by atoms with E-state index in [0.29, 0.717) is 29.3 Å². The lowest BCUT2D eigenvalue weighted by Crippen LogP contribution is -2.63. The molecule has 1 aliphatic rings. The molecule has 9 heteroatoms. The van der Waals surface area contributed by atoms with Crippen LogP contribution >= 0.6 is 11.3 Å². The first-order chi connectivity index (χ1) is 18.2. The van der Waals surface area contributed by atoms with Crippen molar-refractivity contribution < 1.29 is 14.4 Å². The van der Waals surface area contributed by atoms with Gasteiger partial charge in [0.15, 0.2) is 0 Å². The van der Waals surface area contributed by atoms with Crippen molar-refractivity contribution >= 4 is 39.9 Å². The number of pyridine rings is 1. The molecule has 0 saturated carbocycles. The van der Waals surface area contributed by atoms with E-state index in [1.807, 2.05) is 56.4 Å². The Bertz CT molecular complexity index is 1420. The average molecular weight is 548 g/mol. The van der Waals surface area contributed by atoms with Crippen LogP contribution in [0.25, 0.3) is 11.1 Å². The molecule has 2 N–H and O–H groups in total. The monoisotopic (exact) mass is 547 g/mol. The van der Waals surface area contributed by atoms with Gasteiger partial charge in [-0.25, -0.2) is 4.79 Å². The Balaban J connectivity index is 1.61. The smallest absolute Gasteiger partial charge is 0.324 e. The molecule has 0 bridgehead atoms. The van der Waals surface area contributed by atoms with Gasteiger partial charge in [0, 0.05) is 48.2 Å². The average Bonchev–Trinajstić information content (AvgIpc) is 3.28. The van der Waals surface area contributed by atoms with Crippen LogP contribution < -0.4 is 10.6 Å². The summed E-state index contributed by atoms with van der Waals surface area (Å²) < 4.78 is 0. The zero-order valence-corrected chi connectivity index (χ0v) is 24.7. The maximum atomic E-state index is 13.8. The third-order valence-corrected chi connectivity index (χ3v) is 8.57. The van der Waals surface area contributed by atoms with E-state index < -0.39 is 11.6 Å². The fourth-order valence-electron chi connectivity index (χ4n) is 4.63. The van der Waals surface area contributed by atoms with Gasteiger partial charge in [-0.05, 0) is 68.5 Å². The summed E-state index contributed by atoms with van der Waals surface area (Å²) in [5.74, 6) is -0.382. The highest BCUT2D eigenvalue weighted by atomic mass is 32.1. The minimum absolute atomic E-state index is 0.112. The number of benzene rings is 1. The minimum Gasteiger partial charge on any atom is -0.342 e. The summed E-state index contributed by atoms with van der Waals surface area (Å²) in [4.78, 5) is 48.4. The van der Waals surface area contributed by atoms with Crippen LogP contribution in [0.15, 0.2) is 42.6 Å². The molecule has 0 atom stereocenters. The number of nitrogens with one attached hydrogen (secondary N) is 2. The van der Waals surface area contributed by atoms with Crippen molar-refractivity contribution in [3.8, 4) is 11.1 Å². The summed E-state index contributed by atoms with van der Waals surface area (Å²) in [7, 11) is 1.75. The van der Waals surface area contributed by atoms with Crippen molar-refractivity contribution in [2.45, 2.75) is 59.4 Å². The number of likely N-dealkylation sites (N-methyl/N-ethyl adjacent to an activating group) is 1. The molecule has 4 amide bonds. The fraction of sp³-hybridized carbons (Fsp3) is 0.400.